The van der Waals surface area contributed by atoms with Crippen molar-refractivity contribution in [2.45, 2.75) is 32.0 Å². The van der Waals surface area contributed by atoms with Gasteiger partial charge in [-0.05, 0) is 0 Å². The first kappa shape index (κ1) is 9.59. The van der Waals surface area contributed by atoms with E-state index < -0.39 is 5.79 Å². The van der Waals surface area contributed by atoms with E-state index in [2.05, 4.69) is 0 Å². The van der Waals surface area contributed by atoms with E-state index in [9.17, 15) is 5.11 Å². The largest absolute Gasteiger partial charge is 0.365 e. The van der Waals surface area contributed by atoms with Gasteiger partial charge in [0.15, 0.2) is 5.79 Å². The Morgan fingerprint density at radius 1 is 1.70 bits per heavy atom. The number of methoxy groups -OCH3 is 1. The molecule has 3 nitrogen and oxygen atoms in total. The highest BCUT2D eigenvalue weighted by Crippen LogP contribution is 2.16. The maximum absolute atomic E-state index is 9.45. The Kier molecular flexibility index (Phi) is 4.23. The van der Waals surface area contributed by atoms with Crippen LogP contribution in [0.2, 0.25) is 0 Å². The molecule has 0 fully saturated rings. The average Bonchev–Trinajstić information content (AvgIpc) is 1.89. The van der Waals surface area contributed by atoms with Gasteiger partial charge in [0.1, 0.15) is 0 Å². The molecule has 0 saturated carbocycles. The minimum Gasteiger partial charge on any atom is -0.365 e. The molecule has 0 saturated heterocycles. The van der Waals surface area contributed by atoms with Crippen LogP contribution in [0.3, 0.4) is 0 Å². The molecule has 0 aromatic rings. The Morgan fingerprint density at radius 3 is 2.60 bits per heavy atom. The predicted molar refractivity (Wildman–Crippen MR) is 40.3 cm³/mol. The van der Waals surface area contributed by atoms with E-state index in [0.29, 0.717) is 6.42 Å². The van der Waals surface area contributed by atoms with Crippen LogP contribution in [0.1, 0.15) is 26.2 Å². The summed E-state index contributed by atoms with van der Waals surface area (Å²) in [4.78, 5) is 0. The summed E-state index contributed by atoms with van der Waals surface area (Å²) >= 11 is 0. The lowest BCUT2D eigenvalue weighted by Crippen LogP contribution is -2.30. The van der Waals surface area contributed by atoms with Crippen LogP contribution < -0.4 is 0 Å². The van der Waals surface area contributed by atoms with Gasteiger partial charge in [0.2, 0.25) is 0 Å². The van der Waals surface area contributed by atoms with Crippen molar-refractivity contribution in [1.29, 1.82) is 5.41 Å². The van der Waals surface area contributed by atoms with Crippen molar-refractivity contribution in [2.75, 3.05) is 7.11 Å². The normalized spacial score (nSPS) is 16.3. The molecule has 0 aliphatic heterocycles. The molecular formula is C7H15NO2. The van der Waals surface area contributed by atoms with Gasteiger partial charge in [0, 0.05) is 26.2 Å². The summed E-state index contributed by atoms with van der Waals surface area (Å²) in [6.45, 7) is 1.97. The zero-order valence-corrected chi connectivity index (χ0v) is 6.55. The minimum absolute atomic E-state index is 0.275. The number of aliphatic hydroxyl groups is 1. The molecule has 0 bridgehead atoms. The number of hydrogen-bond acceptors (Lipinski definition) is 3. The van der Waals surface area contributed by atoms with Gasteiger partial charge < -0.3 is 15.3 Å². The molecule has 0 rings (SSSR count). The quantitative estimate of drug-likeness (QED) is 0.450. The molecule has 3 heteroatoms. The van der Waals surface area contributed by atoms with E-state index in [-0.39, 0.29) is 6.42 Å². The smallest absolute Gasteiger partial charge is 0.169 e. The van der Waals surface area contributed by atoms with Crippen LogP contribution in [0, 0.1) is 5.41 Å². The number of rotatable bonds is 5. The molecule has 1 unspecified atom stereocenters. The van der Waals surface area contributed by atoms with E-state index >= 15 is 0 Å². The highest BCUT2D eigenvalue weighted by atomic mass is 16.6. The fourth-order valence-corrected chi connectivity index (χ4v) is 0.838. The average molecular weight is 145 g/mol. The molecule has 0 spiro atoms. The highest BCUT2D eigenvalue weighted by Gasteiger charge is 2.22. The van der Waals surface area contributed by atoms with E-state index in [1.54, 1.807) is 0 Å². The maximum Gasteiger partial charge on any atom is 0.169 e. The van der Waals surface area contributed by atoms with Crippen molar-refractivity contribution in [2.24, 2.45) is 0 Å². The Labute approximate surface area is 61.5 Å². The van der Waals surface area contributed by atoms with Gasteiger partial charge in [-0.1, -0.05) is 13.3 Å². The second-order valence-corrected chi connectivity index (χ2v) is 2.31. The molecule has 60 valence electrons. The van der Waals surface area contributed by atoms with Gasteiger partial charge in [-0.3, -0.25) is 0 Å². The van der Waals surface area contributed by atoms with Crippen molar-refractivity contribution in [3.05, 3.63) is 0 Å². The van der Waals surface area contributed by atoms with Gasteiger partial charge in [-0.25, -0.2) is 0 Å². The summed E-state index contributed by atoms with van der Waals surface area (Å²) in [5.74, 6) is -1.10. The molecule has 0 aromatic carbocycles. The SMILES string of the molecule is CCCC(O)(CC=N)OC. The topological polar surface area (TPSA) is 53.3 Å². The first-order valence-corrected chi connectivity index (χ1v) is 3.45. The van der Waals surface area contributed by atoms with Crippen molar-refractivity contribution < 1.29 is 9.84 Å². The van der Waals surface area contributed by atoms with E-state index in [1.165, 1.54) is 13.3 Å². The Balaban J connectivity index is 3.80. The van der Waals surface area contributed by atoms with Crippen LogP contribution >= 0.6 is 0 Å². The van der Waals surface area contributed by atoms with Crippen molar-refractivity contribution in [1.82, 2.24) is 0 Å². The van der Waals surface area contributed by atoms with E-state index in [4.69, 9.17) is 10.1 Å². The standard InChI is InChI=1S/C7H15NO2/c1-3-4-7(9,10-2)5-6-8/h6,8-9H,3-5H2,1-2H3. The first-order chi connectivity index (χ1) is 4.68. The van der Waals surface area contributed by atoms with E-state index in [1.807, 2.05) is 6.92 Å². The number of hydrogen-bond donors (Lipinski definition) is 2. The molecule has 0 aliphatic carbocycles. The molecule has 10 heavy (non-hydrogen) atoms. The molecular weight excluding hydrogens is 130 g/mol. The van der Waals surface area contributed by atoms with Gasteiger partial charge in [-0.2, -0.15) is 0 Å². The van der Waals surface area contributed by atoms with E-state index in [0.717, 1.165) is 6.42 Å². The first-order valence-electron chi connectivity index (χ1n) is 3.45. The summed E-state index contributed by atoms with van der Waals surface area (Å²) in [5, 5.41) is 16.2. The van der Waals surface area contributed by atoms with Crippen molar-refractivity contribution >= 4 is 6.21 Å². The summed E-state index contributed by atoms with van der Waals surface area (Å²) in [7, 11) is 1.46. The number of ether oxygens (including phenoxy) is 1. The number of nitrogens with one attached hydrogen (secondary N) is 1. The zero-order valence-electron chi connectivity index (χ0n) is 6.55. The van der Waals surface area contributed by atoms with Crippen LogP contribution in [0.25, 0.3) is 0 Å². The van der Waals surface area contributed by atoms with Crippen molar-refractivity contribution in [3.8, 4) is 0 Å². The van der Waals surface area contributed by atoms with Crippen molar-refractivity contribution in [3.63, 3.8) is 0 Å². The molecule has 1 atom stereocenters. The Hall–Kier alpha value is -0.410. The molecule has 0 radical (unpaired) electrons. The third-order valence-electron chi connectivity index (χ3n) is 1.44. The predicted octanol–water partition coefficient (Wildman–Crippen LogP) is 1.16. The lowest BCUT2D eigenvalue weighted by Gasteiger charge is -2.23. The molecule has 0 aromatic heterocycles. The van der Waals surface area contributed by atoms with Gasteiger partial charge in [-0.15, -0.1) is 0 Å². The summed E-state index contributed by atoms with van der Waals surface area (Å²) in [6, 6.07) is 0. The summed E-state index contributed by atoms with van der Waals surface area (Å²) in [6.07, 6.45) is 2.88. The molecule has 0 aliphatic rings. The Morgan fingerprint density at radius 2 is 2.30 bits per heavy atom. The van der Waals surface area contributed by atoms with Gasteiger partial charge in [0.05, 0.1) is 0 Å². The fraction of sp³-hybridized carbons (Fsp3) is 0.857. The van der Waals surface area contributed by atoms with Crippen LogP contribution in [0.4, 0.5) is 0 Å². The monoisotopic (exact) mass is 145 g/mol. The van der Waals surface area contributed by atoms with Crippen LogP contribution in [-0.4, -0.2) is 24.2 Å². The maximum atomic E-state index is 9.45. The summed E-state index contributed by atoms with van der Waals surface area (Å²) in [5.41, 5.74) is 0. The second kappa shape index (κ2) is 4.41. The van der Waals surface area contributed by atoms with Crippen LogP contribution in [0.15, 0.2) is 0 Å². The fourth-order valence-electron chi connectivity index (χ4n) is 0.838. The lowest BCUT2D eigenvalue weighted by atomic mass is 10.1. The van der Waals surface area contributed by atoms with Crippen LogP contribution in [-0.2, 0) is 4.74 Å². The highest BCUT2D eigenvalue weighted by molar-refractivity contribution is 5.54. The van der Waals surface area contributed by atoms with Gasteiger partial charge >= 0.3 is 0 Å². The summed E-state index contributed by atoms with van der Waals surface area (Å²) < 4.78 is 4.82. The minimum atomic E-state index is -1.10. The lowest BCUT2D eigenvalue weighted by molar-refractivity contribution is -0.183. The third kappa shape index (κ3) is 2.94. The molecule has 2 N–H and O–H groups in total. The third-order valence-corrected chi connectivity index (χ3v) is 1.44. The molecule has 0 heterocycles. The molecule has 0 amide bonds. The second-order valence-electron chi connectivity index (χ2n) is 2.31. The van der Waals surface area contributed by atoms with Gasteiger partial charge in [0.25, 0.3) is 0 Å². The van der Waals surface area contributed by atoms with Crippen LogP contribution in [0.5, 0.6) is 0 Å². The zero-order chi connectivity index (χ0) is 8.04. The Bertz CT molecular complexity index is 106.